The number of piperidine rings is 1. The predicted octanol–water partition coefficient (Wildman–Crippen LogP) is 2.03. The lowest BCUT2D eigenvalue weighted by molar-refractivity contribution is -0.123. The Bertz CT molecular complexity index is 905. The molecular formula is C22H28N4O4. The van der Waals surface area contributed by atoms with Crippen molar-refractivity contribution >= 4 is 11.9 Å². The van der Waals surface area contributed by atoms with Crippen LogP contribution < -0.4 is 19.7 Å². The standard InChI is InChI=1S/C22H28N4O4/c1-15-5-6-19(20(10-15)28-2)30-14-21(27)24-17-4-3-8-26(12-17)22-23-11-16-13-29-9-7-18(16)25-22/h5-6,10-11,17H,3-4,7-9,12-14H2,1-2H3,(H,24,27)/t17-/m0/s1. The number of hydrogen-bond donors (Lipinski definition) is 1. The zero-order valence-electron chi connectivity index (χ0n) is 17.5. The van der Waals surface area contributed by atoms with Crippen LogP contribution in [0, 0.1) is 6.92 Å². The van der Waals surface area contributed by atoms with Gasteiger partial charge < -0.3 is 24.4 Å². The van der Waals surface area contributed by atoms with E-state index in [-0.39, 0.29) is 18.6 Å². The molecule has 0 unspecified atom stereocenters. The Labute approximate surface area is 176 Å². The molecule has 1 aromatic heterocycles. The maximum Gasteiger partial charge on any atom is 0.258 e. The first kappa shape index (κ1) is 20.4. The van der Waals surface area contributed by atoms with Crippen LogP contribution in [0.2, 0.25) is 0 Å². The quantitative estimate of drug-likeness (QED) is 0.777. The minimum Gasteiger partial charge on any atom is -0.493 e. The summed E-state index contributed by atoms with van der Waals surface area (Å²) >= 11 is 0. The average Bonchev–Trinajstić information content (AvgIpc) is 2.78. The molecule has 1 fully saturated rings. The number of aromatic nitrogens is 2. The van der Waals surface area contributed by atoms with Crippen LogP contribution in [-0.2, 0) is 22.6 Å². The molecule has 8 heteroatoms. The molecule has 0 spiro atoms. The van der Waals surface area contributed by atoms with Crippen molar-refractivity contribution in [2.24, 2.45) is 0 Å². The third kappa shape index (κ3) is 4.81. The Morgan fingerprint density at radius 2 is 2.27 bits per heavy atom. The second-order valence-corrected chi connectivity index (χ2v) is 7.74. The van der Waals surface area contributed by atoms with Crippen molar-refractivity contribution in [3.8, 4) is 11.5 Å². The zero-order chi connectivity index (χ0) is 20.9. The summed E-state index contributed by atoms with van der Waals surface area (Å²) in [6.07, 6.45) is 4.58. The van der Waals surface area contributed by atoms with Crippen LogP contribution in [0.5, 0.6) is 11.5 Å². The number of nitrogens with zero attached hydrogens (tertiary/aromatic N) is 3. The molecule has 1 atom stereocenters. The van der Waals surface area contributed by atoms with Crippen LogP contribution in [0.25, 0.3) is 0 Å². The van der Waals surface area contributed by atoms with Gasteiger partial charge in [-0.1, -0.05) is 6.07 Å². The van der Waals surface area contributed by atoms with Gasteiger partial charge in [-0.2, -0.15) is 0 Å². The molecule has 1 amide bonds. The number of rotatable bonds is 6. The number of nitrogens with one attached hydrogen (secondary N) is 1. The van der Waals surface area contributed by atoms with Crippen LogP contribution in [0.4, 0.5) is 5.95 Å². The molecular weight excluding hydrogens is 384 g/mol. The number of hydrogen-bond acceptors (Lipinski definition) is 7. The molecule has 2 aliphatic rings. The first-order valence-corrected chi connectivity index (χ1v) is 10.4. The molecule has 160 valence electrons. The van der Waals surface area contributed by atoms with Crippen LogP contribution in [0.1, 0.15) is 29.7 Å². The van der Waals surface area contributed by atoms with Crippen molar-refractivity contribution in [3.05, 3.63) is 41.2 Å². The highest BCUT2D eigenvalue weighted by Gasteiger charge is 2.24. The van der Waals surface area contributed by atoms with E-state index in [1.54, 1.807) is 7.11 Å². The Morgan fingerprint density at radius 1 is 1.37 bits per heavy atom. The van der Waals surface area contributed by atoms with Crippen LogP contribution in [0.15, 0.2) is 24.4 Å². The second kappa shape index (κ2) is 9.30. The van der Waals surface area contributed by atoms with Crippen molar-refractivity contribution in [2.75, 3.05) is 38.3 Å². The van der Waals surface area contributed by atoms with Crippen LogP contribution in [0.3, 0.4) is 0 Å². The van der Waals surface area contributed by atoms with E-state index in [4.69, 9.17) is 19.2 Å². The molecule has 4 rings (SSSR count). The van der Waals surface area contributed by atoms with Gasteiger partial charge in [-0.25, -0.2) is 9.97 Å². The van der Waals surface area contributed by atoms with E-state index >= 15 is 0 Å². The fraction of sp³-hybridized carbons (Fsp3) is 0.500. The normalized spacial score (nSPS) is 18.5. The van der Waals surface area contributed by atoms with E-state index in [0.29, 0.717) is 31.3 Å². The van der Waals surface area contributed by atoms with Gasteiger partial charge in [0.05, 0.1) is 26.0 Å². The summed E-state index contributed by atoms with van der Waals surface area (Å²) in [7, 11) is 1.59. The van der Waals surface area contributed by atoms with Gasteiger partial charge in [0.25, 0.3) is 5.91 Å². The van der Waals surface area contributed by atoms with Gasteiger partial charge >= 0.3 is 0 Å². The maximum atomic E-state index is 12.4. The minimum atomic E-state index is -0.145. The molecule has 1 aromatic carbocycles. The number of ether oxygens (including phenoxy) is 3. The topological polar surface area (TPSA) is 85.8 Å². The number of anilines is 1. The third-order valence-corrected chi connectivity index (χ3v) is 5.43. The van der Waals surface area contributed by atoms with Gasteiger partial charge in [0.15, 0.2) is 18.1 Å². The predicted molar refractivity (Wildman–Crippen MR) is 112 cm³/mol. The van der Waals surface area contributed by atoms with Crippen molar-refractivity contribution in [2.45, 2.75) is 38.8 Å². The minimum absolute atomic E-state index is 0.0396. The van der Waals surface area contributed by atoms with Gasteiger partial charge in [0.2, 0.25) is 5.95 Å². The molecule has 2 aromatic rings. The molecule has 2 aliphatic heterocycles. The van der Waals surface area contributed by atoms with Crippen molar-refractivity contribution in [1.82, 2.24) is 15.3 Å². The molecule has 30 heavy (non-hydrogen) atoms. The molecule has 8 nitrogen and oxygen atoms in total. The number of aryl methyl sites for hydroxylation is 1. The van der Waals surface area contributed by atoms with E-state index in [1.807, 2.05) is 31.3 Å². The summed E-state index contributed by atoms with van der Waals surface area (Å²) in [4.78, 5) is 23.8. The molecule has 1 N–H and O–H groups in total. The maximum absolute atomic E-state index is 12.4. The highest BCUT2D eigenvalue weighted by molar-refractivity contribution is 5.78. The highest BCUT2D eigenvalue weighted by atomic mass is 16.5. The summed E-state index contributed by atoms with van der Waals surface area (Å²) in [5.41, 5.74) is 3.20. The largest absolute Gasteiger partial charge is 0.493 e. The number of fused-ring (bicyclic) bond motifs is 1. The summed E-state index contributed by atoms with van der Waals surface area (Å²) in [5, 5.41) is 3.08. The lowest BCUT2D eigenvalue weighted by Crippen LogP contribution is -2.49. The zero-order valence-corrected chi connectivity index (χ0v) is 17.5. The molecule has 0 bridgehead atoms. The van der Waals surface area contributed by atoms with E-state index in [2.05, 4.69) is 15.2 Å². The smallest absolute Gasteiger partial charge is 0.258 e. The summed E-state index contributed by atoms with van der Waals surface area (Å²) < 4.78 is 16.5. The third-order valence-electron chi connectivity index (χ3n) is 5.43. The van der Waals surface area contributed by atoms with Gasteiger partial charge in [0, 0.05) is 37.3 Å². The fourth-order valence-electron chi connectivity index (χ4n) is 3.86. The van der Waals surface area contributed by atoms with Gasteiger partial charge in [-0.15, -0.1) is 0 Å². The van der Waals surface area contributed by atoms with E-state index in [1.165, 1.54) is 0 Å². The average molecular weight is 412 g/mol. The Hall–Kier alpha value is -2.87. The number of carbonyl (C=O) groups excluding carboxylic acids is 1. The van der Waals surface area contributed by atoms with Gasteiger partial charge in [-0.3, -0.25) is 4.79 Å². The Balaban J connectivity index is 1.32. The Kier molecular flexibility index (Phi) is 6.32. The number of benzene rings is 1. The fourth-order valence-corrected chi connectivity index (χ4v) is 3.86. The molecule has 1 saturated heterocycles. The monoisotopic (exact) mass is 412 g/mol. The van der Waals surface area contributed by atoms with E-state index < -0.39 is 0 Å². The lowest BCUT2D eigenvalue weighted by atomic mass is 10.1. The molecule has 0 saturated carbocycles. The van der Waals surface area contributed by atoms with Gasteiger partial charge in [0.1, 0.15) is 0 Å². The number of carbonyl (C=O) groups is 1. The molecule has 0 radical (unpaired) electrons. The molecule has 3 heterocycles. The van der Waals surface area contributed by atoms with Crippen molar-refractivity contribution in [3.63, 3.8) is 0 Å². The van der Waals surface area contributed by atoms with Crippen molar-refractivity contribution < 1.29 is 19.0 Å². The number of methoxy groups -OCH3 is 1. The van der Waals surface area contributed by atoms with Crippen molar-refractivity contribution in [1.29, 1.82) is 0 Å². The lowest BCUT2D eigenvalue weighted by Gasteiger charge is -2.33. The summed E-state index contributed by atoms with van der Waals surface area (Å²) in [5.74, 6) is 1.78. The van der Waals surface area contributed by atoms with E-state index in [0.717, 1.165) is 48.6 Å². The van der Waals surface area contributed by atoms with Crippen LogP contribution >= 0.6 is 0 Å². The number of amides is 1. The SMILES string of the molecule is COc1cc(C)ccc1OCC(=O)N[C@H]1CCCN(c2ncc3c(n2)CCOC3)C1. The van der Waals surface area contributed by atoms with Crippen LogP contribution in [-0.4, -0.2) is 55.3 Å². The Morgan fingerprint density at radius 3 is 3.13 bits per heavy atom. The first-order valence-electron chi connectivity index (χ1n) is 10.4. The summed E-state index contributed by atoms with van der Waals surface area (Å²) in [6.45, 7) is 4.79. The highest BCUT2D eigenvalue weighted by Crippen LogP contribution is 2.27. The second-order valence-electron chi connectivity index (χ2n) is 7.74. The van der Waals surface area contributed by atoms with Gasteiger partial charge in [-0.05, 0) is 37.5 Å². The first-order chi connectivity index (χ1) is 14.6. The summed E-state index contributed by atoms with van der Waals surface area (Å²) in [6, 6.07) is 5.68. The van der Waals surface area contributed by atoms with E-state index in [9.17, 15) is 4.79 Å². The molecule has 0 aliphatic carbocycles.